The molecule has 1 amide bonds. The Morgan fingerprint density at radius 1 is 1.12 bits per heavy atom. The highest BCUT2D eigenvalue weighted by Crippen LogP contribution is 2.21. The number of carbonyl (C=O) groups is 1. The quantitative estimate of drug-likeness (QED) is 0.676. The number of hydrogen-bond donors (Lipinski definition) is 1. The van der Waals surface area contributed by atoms with Gasteiger partial charge < -0.3 is 9.88 Å². The van der Waals surface area contributed by atoms with Crippen molar-refractivity contribution in [3.8, 4) is 0 Å². The molecule has 0 saturated carbocycles. The minimum atomic E-state index is 0.0431. The van der Waals surface area contributed by atoms with E-state index in [-0.39, 0.29) is 5.91 Å². The van der Waals surface area contributed by atoms with Crippen molar-refractivity contribution < 1.29 is 4.79 Å². The summed E-state index contributed by atoms with van der Waals surface area (Å²) in [6.07, 6.45) is 1.63. The summed E-state index contributed by atoms with van der Waals surface area (Å²) >= 11 is 0. The molecule has 4 nitrogen and oxygen atoms in total. The van der Waals surface area contributed by atoms with Gasteiger partial charge in [0.05, 0.1) is 17.6 Å². The van der Waals surface area contributed by atoms with E-state index in [1.807, 2.05) is 25.1 Å². The molecule has 1 N–H and O–H groups in total. The fourth-order valence-electron chi connectivity index (χ4n) is 3.11. The van der Waals surface area contributed by atoms with Crippen LogP contribution < -0.4 is 5.32 Å². The molecule has 0 spiro atoms. The van der Waals surface area contributed by atoms with Crippen molar-refractivity contribution in [1.29, 1.82) is 0 Å². The first-order valence-corrected chi connectivity index (χ1v) is 9.42. The smallest absolute Gasteiger partial charge is 0.220 e. The van der Waals surface area contributed by atoms with Crippen LogP contribution in [0.15, 0.2) is 48.5 Å². The first-order valence-electron chi connectivity index (χ1n) is 9.42. The lowest BCUT2D eigenvalue weighted by Gasteiger charge is -2.12. The van der Waals surface area contributed by atoms with Gasteiger partial charge in [-0.05, 0) is 35.6 Å². The molecular weight excluding hydrogens is 322 g/mol. The zero-order valence-corrected chi connectivity index (χ0v) is 15.8. The number of nitrogens with zero attached hydrogens (tertiary/aromatic N) is 2. The summed E-state index contributed by atoms with van der Waals surface area (Å²) in [7, 11) is 0. The lowest BCUT2D eigenvalue weighted by atomic mass is 9.98. The molecule has 0 aliphatic heterocycles. The Bertz CT molecular complexity index is 880. The normalized spacial score (nSPS) is 12.3. The topological polar surface area (TPSA) is 46.9 Å². The molecule has 1 heterocycles. The van der Waals surface area contributed by atoms with Crippen LogP contribution in [0.25, 0.3) is 11.0 Å². The third-order valence-corrected chi connectivity index (χ3v) is 5.00. The number of hydrogen-bond acceptors (Lipinski definition) is 2. The zero-order valence-electron chi connectivity index (χ0n) is 15.8. The van der Waals surface area contributed by atoms with E-state index < -0.39 is 0 Å². The predicted octanol–water partition coefficient (Wildman–Crippen LogP) is 4.62. The van der Waals surface area contributed by atoms with Gasteiger partial charge in [-0.15, -0.1) is 0 Å². The summed E-state index contributed by atoms with van der Waals surface area (Å²) in [4.78, 5) is 16.4. The van der Waals surface area contributed by atoms with E-state index >= 15 is 0 Å². The molecule has 0 radical (unpaired) electrons. The first kappa shape index (κ1) is 18.2. The lowest BCUT2D eigenvalue weighted by molar-refractivity contribution is -0.120. The standard InChI is InChI=1S/C22H27N3O/c1-4-16(3)18-12-10-17(11-13-18)15-25-20-9-7-6-8-19(20)24-21(25)14-23-22(26)5-2/h6-13,16H,4-5,14-15H2,1-3H3,(H,23,26). The fourth-order valence-corrected chi connectivity index (χ4v) is 3.11. The molecule has 1 atom stereocenters. The van der Waals surface area contributed by atoms with Crippen LogP contribution in [0.5, 0.6) is 0 Å². The van der Waals surface area contributed by atoms with Crippen molar-refractivity contribution in [2.24, 2.45) is 0 Å². The third-order valence-electron chi connectivity index (χ3n) is 5.00. The van der Waals surface area contributed by atoms with Gasteiger partial charge >= 0.3 is 0 Å². The second kappa shape index (κ2) is 8.17. The predicted molar refractivity (Wildman–Crippen MR) is 106 cm³/mol. The van der Waals surface area contributed by atoms with Gasteiger partial charge in [-0.3, -0.25) is 4.79 Å². The second-order valence-electron chi connectivity index (χ2n) is 6.78. The molecule has 3 rings (SSSR count). The monoisotopic (exact) mass is 349 g/mol. The van der Waals surface area contributed by atoms with E-state index in [2.05, 4.69) is 54.1 Å². The van der Waals surface area contributed by atoms with Crippen molar-refractivity contribution in [2.75, 3.05) is 0 Å². The number of imidazole rings is 1. The van der Waals surface area contributed by atoms with Crippen molar-refractivity contribution in [2.45, 2.75) is 52.6 Å². The van der Waals surface area contributed by atoms with E-state index in [0.717, 1.165) is 29.8 Å². The number of nitrogens with one attached hydrogen (secondary N) is 1. The van der Waals surface area contributed by atoms with Crippen LogP contribution in [0.1, 0.15) is 56.5 Å². The van der Waals surface area contributed by atoms with Gasteiger partial charge in [-0.1, -0.05) is 57.2 Å². The molecule has 2 aromatic carbocycles. The Balaban J connectivity index is 1.88. The summed E-state index contributed by atoms with van der Waals surface area (Å²) < 4.78 is 2.20. The molecule has 0 aliphatic carbocycles. The SMILES string of the molecule is CCC(=O)NCc1nc2ccccc2n1Cc1ccc(C(C)CC)cc1. The van der Waals surface area contributed by atoms with Crippen molar-refractivity contribution in [3.05, 3.63) is 65.5 Å². The molecule has 26 heavy (non-hydrogen) atoms. The Labute approximate surface area is 155 Å². The van der Waals surface area contributed by atoms with E-state index in [9.17, 15) is 4.79 Å². The molecule has 4 heteroatoms. The van der Waals surface area contributed by atoms with Crippen molar-refractivity contribution in [1.82, 2.24) is 14.9 Å². The van der Waals surface area contributed by atoms with Gasteiger partial charge in [0.15, 0.2) is 0 Å². The molecule has 1 unspecified atom stereocenters. The van der Waals surface area contributed by atoms with Crippen molar-refractivity contribution in [3.63, 3.8) is 0 Å². The number of para-hydroxylation sites is 2. The Kier molecular flexibility index (Phi) is 5.71. The van der Waals surface area contributed by atoms with Crippen molar-refractivity contribution >= 4 is 16.9 Å². The van der Waals surface area contributed by atoms with Gasteiger partial charge in [-0.2, -0.15) is 0 Å². The maximum atomic E-state index is 11.7. The number of aromatic nitrogens is 2. The highest BCUT2D eigenvalue weighted by atomic mass is 16.1. The molecule has 0 bridgehead atoms. The Hall–Kier alpha value is -2.62. The molecule has 0 saturated heterocycles. The number of rotatable bonds is 7. The Morgan fingerprint density at radius 2 is 1.85 bits per heavy atom. The minimum Gasteiger partial charge on any atom is -0.349 e. The van der Waals surface area contributed by atoms with Crippen LogP contribution in [0, 0.1) is 0 Å². The van der Waals surface area contributed by atoms with Crippen LogP contribution in [0.3, 0.4) is 0 Å². The van der Waals surface area contributed by atoms with Crippen LogP contribution >= 0.6 is 0 Å². The highest BCUT2D eigenvalue weighted by Gasteiger charge is 2.12. The average molecular weight is 349 g/mol. The van der Waals surface area contributed by atoms with Crippen LogP contribution in [0.2, 0.25) is 0 Å². The lowest BCUT2D eigenvalue weighted by Crippen LogP contribution is -2.23. The first-order chi connectivity index (χ1) is 12.6. The average Bonchev–Trinajstić information content (AvgIpc) is 3.03. The number of benzene rings is 2. The minimum absolute atomic E-state index is 0.0431. The second-order valence-corrected chi connectivity index (χ2v) is 6.78. The largest absolute Gasteiger partial charge is 0.349 e. The summed E-state index contributed by atoms with van der Waals surface area (Å²) in [5.74, 6) is 1.51. The number of fused-ring (bicyclic) bond motifs is 1. The van der Waals surface area contributed by atoms with E-state index in [1.165, 1.54) is 11.1 Å². The number of carbonyl (C=O) groups excluding carboxylic acids is 1. The third kappa shape index (κ3) is 3.96. The van der Waals surface area contributed by atoms with Crippen LogP contribution in [-0.2, 0) is 17.9 Å². The van der Waals surface area contributed by atoms with E-state index in [0.29, 0.717) is 18.9 Å². The van der Waals surface area contributed by atoms with Gasteiger partial charge in [-0.25, -0.2) is 4.98 Å². The number of amides is 1. The zero-order chi connectivity index (χ0) is 18.5. The maximum Gasteiger partial charge on any atom is 0.220 e. The molecule has 136 valence electrons. The van der Waals surface area contributed by atoms with Crippen LogP contribution in [-0.4, -0.2) is 15.5 Å². The molecule has 3 aromatic rings. The van der Waals surface area contributed by atoms with E-state index in [4.69, 9.17) is 4.98 Å². The summed E-state index contributed by atoms with van der Waals surface area (Å²) in [5, 5.41) is 2.95. The van der Waals surface area contributed by atoms with Gasteiger partial charge in [0, 0.05) is 13.0 Å². The summed E-state index contributed by atoms with van der Waals surface area (Å²) in [5.41, 5.74) is 4.68. The van der Waals surface area contributed by atoms with Crippen LogP contribution in [0.4, 0.5) is 0 Å². The fraction of sp³-hybridized carbons (Fsp3) is 0.364. The molecule has 0 aliphatic rings. The Morgan fingerprint density at radius 3 is 2.54 bits per heavy atom. The van der Waals surface area contributed by atoms with Gasteiger partial charge in [0.25, 0.3) is 0 Å². The van der Waals surface area contributed by atoms with E-state index in [1.54, 1.807) is 0 Å². The van der Waals surface area contributed by atoms with Gasteiger partial charge in [0.2, 0.25) is 5.91 Å². The molecular formula is C22H27N3O. The summed E-state index contributed by atoms with van der Waals surface area (Å²) in [6, 6.07) is 17.0. The molecule has 0 fully saturated rings. The molecule has 1 aromatic heterocycles. The highest BCUT2D eigenvalue weighted by molar-refractivity contribution is 5.77. The maximum absolute atomic E-state index is 11.7. The van der Waals surface area contributed by atoms with Gasteiger partial charge in [0.1, 0.15) is 5.82 Å². The summed E-state index contributed by atoms with van der Waals surface area (Å²) in [6.45, 7) is 7.53.